The number of aromatic nitrogens is 4. The first-order valence-corrected chi connectivity index (χ1v) is 11.4. The Morgan fingerprint density at radius 3 is 2.54 bits per heavy atom. The lowest BCUT2D eigenvalue weighted by molar-refractivity contribution is 0.416. The maximum absolute atomic E-state index is 6.49. The van der Waals surface area contributed by atoms with Gasteiger partial charge in [-0.05, 0) is 23.1 Å². The van der Waals surface area contributed by atoms with Gasteiger partial charge in [-0.3, -0.25) is 0 Å². The van der Waals surface area contributed by atoms with Gasteiger partial charge in [-0.1, -0.05) is 78.9 Å². The Morgan fingerprint density at radius 1 is 0.857 bits per heavy atom. The molecule has 0 amide bonds. The molecule has 0 fully saturated rings. The molecular formula is C29H20N4O2. The number of rotatable bonds is 3. The van der Waals surface area contributed by atoms with Crippen molar-refractivity contribution in [1.29, 1.82) is 0 Å². The summed E-state index contributed by atoms with van der Waals surface area (Å²) in [6.07, 6.45) is 1.66. The molecule has 2 aromatic heterocycles. The number of ether oxygens (including phenoxy) is 2. The van der Waals surface area contributed by atoms with Crippen LogP contribution in [0.2, 0.25) is 0 Å². The highest BCUT2D eigenvalue weighted by molar-refractivity contribution is 5.91. The Kier molecular flexibility index (Phi) is 4.32. The summed E-state index contributed by atoms with van der Waals surface area (Å²) in [5.74, 6) is 2.58. The number of fused-ring (bicyclic) bond motifs is 6. The second-order valence-corrected chi connectivity index (χ2v) is 8.52. The minimum absolute atomic E-state index is 0.106. The van der Waals surface area contributed by atoms with Crippen molar-refractivity contribution < 1.29 is 9.47 Å². The van der Waals surface area contributed by atoms with E-state index < -0.39 is 0 Å². The monoisotopic (exact) mass is 456 g/mol. The van der Waals surface area contributed by atoms with Crippen LogP contribution in [0.15, 0.2) is 97.3 Å². The third-order valence-corrected chi connectivity index (χ3v) is 6.58. The molecule has 1 aliphatic rings. The molecule has 0 unspecified atom stereocenters. The second kappa shape index (κ2) is 7.67. The minimum Gasteiger partial charge on any atom is -0.496 e. The Morgan fingerprint density at radius 2 is 1.66 bits per heavy atom. The number of benzene rings is 4. The number of nitrogens with zero attached hydrogens (tertiary/aromatic N) is 4. The summed E-state index contributed by atoms with van der Waals surface area (Å²) in [6, 6.07) is 30.7. The van der Waals surface area contributed by atoms with E-state index in [4.69, 9.17) is 19.6 Å². The maximum Gasteiger partial charge on any atom is 0.228 e. The quantitative estimate of drug-likeness (QED) is 0.315. The molecule has 35 heavy (non-hydrogen) atoms. The van der Waals surface area contributed by atoms with Gasteiger partial charge in [-0.25, -0.2) is 14.5 Å². The Balaban J connectivity index is 1.51. The van der Waals surface area contributed by atoms with Crippen molar-refractivity contribution in [3.05, 3.63) is 114 Å². The predicted molar refractivity (Wildman–Crippen MR) is 134 cm³/mol. The molecule has 0 bridgehead atoms. The van der Waals surface area contributed by atoms with Crippen LogP contribution in [0.25, 0.3) is 27.8 Å². The fraction of sp³-hybridized carbons (Fsp3) is 0.0690. The van der Waals surface area contributed by atoms with Gasteiger partial charge in [-0.2, -0.15) is 0 Å². The topological polar surface area (TPSA) is 61.5 Å². The van der Waals surface area contributed by atoms with Crippen LogP contribution < -0.4 is 9.47 Å². The van der Waals surface area contributed by atoms with Gasteiger partial charge in [0.05, 0.1) is 18.2 Å². The fourth-order valence-electron chi connectivity index (χ4n) is 4.98. The minimum atomic E-state index is -0.106. The first kappa shape index (κ1) is 19.7. The summed E-state index contributed by atoms with van der Waals surface area (Å²) in [4.78, 5) is 9.65. The SMILES string of the molecule is COc1ccccc1-c1nc2c3c(ncn2n1)Oc1c(ccc2ccccc12)[C@H]3c1ccccc1. The van der Waals surface area contributed by atoms with Crippen molar-refractivity contribution >= 4 is 16.4 Å². The van der Waals surface area contributed by atoms with Crippen LogP contribution in [0.1, 0.15) is 22.6 Å². The van der Waals surface area contributed by atoms with Crippen LogP contribution in [0.5, 0.6) is 17.4 Å². The van der Waals surface area contributed by atoms with Gasteiger partial charge in [0.15, 0.2) is 11.5 Å². The molecule has 0 spiro atoms. The van der Waals surface area contributed by atoms with E-state index in [2.05, 4.69) is 53.5 Å². The molecular weight excluding hydrogens is 436 g/mol. The van der Waals surface area contributed by atoms with Crippen molar-refractivity contribution in [2.24, 2.45) is 0 Å². The number of para-hydroxylation sites is 1. The molecule has 0 radical (unpaired) electrons. The van der Waals surface area contributed by atoms with Crippen molar-refractivity contribution in [2.75, 3.05) is 7.11 Å². The summed E-state index contributed by atoms with van der Waals surface area (Å²) >= 11 is 0. The highest BCUT2D eigenvalue weighted by Crippen LogP contribution is 2.50. The average Bonchev–Trinajstić information content (AvgIpc) is 3.37. The summed E-state index contributed by atoms with van der Waals surface area (Å²) in [7, 11) is 1.65. The lowest BCUT2D eigenvalue weighted by atomic mass is 9.83. The molecule has 6 heteroatoms. The lowest BCUT2D eigenvalue weighted by Crippen LogP contribution is -2.15. The molecule has 1 aliphatic heterocycles. The highest BCUT2D eigenvalue weighted by Gasteiger charge is 2.34. The molecule has 7 rings (SSSR count). The standard InChI is InChI=1S/C29H20N4O2/c1-34-23-14-8-7-13-21(23)27-31-28-25-24(19-10-3-2-4-11-19)22-16-15-18-9-5-6-12-20(18)26(22)35-29(25)30-17-33(28)32-27/h2-17,24H,1H3/t24-/m1/s1. The van der Waals surface area contributed by atoms with E-state index in [1.165, 1.54) is 0 Å². The van der Waals surface area contributed by atoms with E-state index in [1.807, 2.05) is 42.5 Å². The molecule has 0 saturated heterocycles. The lowest BCUT2D eigenvalue weighted by Gasteiger charge is -2.28. The third kappa shape index (κ3) is 3.00. The van der Waals surface area contributed by atoms with E-state index in [0.29, 0.717) is 17.4 Å². The molecule has 6 aromatic rings. The first-order valence-electron chi connectivity index (χ1n) is 11.4. The molecule has 0 aliphatic carbocycles. The van der Waals surface area contributed by atoms with Crippen molar-refractivity contribution in [3.8, 4) is 28.8 Å². The smallest absolute Gasteiger partial charge is 0.228 e. The van der Waals surface area contributed by atoms with Crippen LogP contribution in [0, 0.1) is 0 Å². The zero-order chi connectivity index (χ0) is 23.4. The van der Waals surface area contributed by atoms with E-state index >= 15 is 0 Å². The summed E-state index contributed by atoms with van der Waals surface area (Å²) in [5, 5.41) is 6.93. The summed E-state index contributed by atoms with van der Waals surface area (Å²) in [6.45, 7) is 0. The summed E-state index contributed by atoms with van der Waals surface area (Å²) < 4.78 is 13.8. The normalized spacial score (nSPS) is 14.4. The molecule has 0 saturated carbocycles. The van der Waals surface area contributed by atoms with E-state index in [1.54, 1.807) is 18.0 Å². The van der Waals surface area contributed by atoms with Gasteiger partial charge in [-0.15, -0.1) is 5.10 Å². The van der Waals surface area contributed by atoms with Gasteiger partial charge >= 0.3 is 0 Å². The van der Waals surface area contributed by atoms with Gasteiger partial charge in [0, 0.05) is 16.9 Å². The van der Waals surface area contributed by atoms with E-state index in [-0.39, 0.29) is 5.92 Å². The van der Waals surface area contributed by atoms with Crippen LogP contribution in [-0.4, -0.2) is 26.7 Å². The van der Waals surface area contributed by atoms with E-state index in [9.17, 15) is 0 Å². The Labute approximate surface area is 201 Å². The van der Waals surface area contributed by atoms with Crippen molar-refractivity contribution in [2.45, 2.75) is 5.92 Å². The van der Waals surface area contributed by atoms with E-state index in [0.717, 1.165) is 44.5 Å². The van der Waals surface area contributed by atoms with Gasteiger partial charge in [0.2, 0.25) is 5.88 Å². The number of hydrogen-bond acceptors (Lipinski definition) is 5. The first-order chi connectivity index (χ1) is 17.3. The molecule has 6 nitrogen and oxygen atoms in total. The van der Waals surface area contributed by atoms with Crippen molar-refractivity contribution in [3.63, 3.8) is 0 Å². The third-order valence-electron chi connectivity index (χ3n) is 6.58. The Bertz CT molecular complexity index is 1730. The zero-order valence-electron chi connectivity index (χ0n) is 18.9. The summed E-state index contributed by atoms with van der Waals surface area (Å²) in [5.41, 5.74) is 4.66. The van der Waals surface area contributed by atoms with Gasteiger partial charge < -0.3 is 9.47 Å². The fourth-order valence-corrected chi connectivity index (χ4v) is 4.98. The molecule has 1 atom stereocenters. The second-order valence-electron chi connectivity index (χ2n) is 8.52. The molecule has 168 valence electrons. The molecule has 4 aromatic carbocycles. The van der Waals surface area contributed by atoms with Gasteiger partial charge in [0.25, 0.3) is 0 Å². The number of methoxy groups -OCH3 is 1. The van der Waals surface area contributed by atoms with Crippen LogP contribution in [-0.2, 0) is 0 Å². The predicted octanol–water partition coefficient (Wildman–Crippen LogP) is 6.24. The highest BCUT2D eigenvalue weighted by atomic mass is 16.5. The zero-order valence-corrected chi connectivity index (χ0v) is 18.9. The average molecular weight is 457 g/mol. The van der Waals surface area contributed by atoms with Crippen molar-refractivity contribution in [1.82, 2.24) is 19.6 Å². The molecule has 0 N–H and O–H groups in total. The number of hydrogen-bond donors (Lipinski definition) is 0. The Hall–Kier alpha value is -4.71. The van der Waals surface area contributed by atoms with Crippen LogP contribution >= 0.6 is 0 Å². The van der Waals surface area contributed by atoms with Crippen LogP contribution in [0.3, 0.4) is 0 Å². The largest absolute Gasteiger partial charge is 0.496 e. The van der Waals surface area contributed by atoms with Crippen LogP contribution in [0.4, 0.5) is 0 Å². The van der Waals surface area contributed by atoms with Gasteiger partial charge in [0.1, 0.15) is 17.8 Å². The maximum atomic E-state index is 6.49. The molecule has 3 heterocycles.